The van der Waals surface area contributed by atoms with Crippen molar-refractivity contribution in [2.75, 3.05) is 6.61 Å². The van der Waals surface area contributed by atoms with E-state index in [1.54, 1.807) is 0 Å². The quantitative estimate of drug-likeness (QED) is 0.420. The van der Waals surface area contributed by atoms with Gasteiger partial charge in [0.05, 0.1) is 32.5 Å². The second-order valence-corrected chi connectivity index (χ2v) is 9.56. The lowest BCUT2D eigenvalue weighted by molar-refractivity contribution is -0.273. The summed E-state index contributed by atoms with van der Waals surface area (Å²) in [5.74, 6) is 0. The summed E-state index contributed by atoms with van der Waals surface area (Å²) in [6.45, 7) is 1.68. The minimum atomic E-state index is -0.752. The van der Waals surface area contributed by atoms with Crippen LogP contribution in [0.4, 0.5) is 0 Å². The molecular weight excluding hydrogens is 452 g/mol. The van der Waals surface area contributed by atoms with E-state index < -0.39 is 30.0 Å². The fourth-order valence-corrected chi connectivity index (χ4v) is 5.17. The standard InChI is InChI=1S/C31H34O5/c32-27-20-31(18-10-11-19-36-31)30(35-23-26-16-8-3-9-17-26)29(34-22-25-14-6-2-7-15-25)28(27)33-21-24-12-4-1-5-13-24/h1-17,27-30,32H,18-23H2/t27-,28+,29-,30+,31-/m0/s1. The summed E-state index contributed by atoms with van der Waals surface area (Å²) < 4.78 is 25.9. The summed E-state index contributed by atoms with van der Waals surface area (Å²) in [6, 6.07) is 30.2. The van der Waals surface area contributed by atoms with Gasteiger partial charge in [-0.15, -0.1) is 0 Å². The van der Waals surface area contributed by atoms with E-state index in [1.807, 2.05) is 84.9 Å². The largest absolute Gasteiger partial charge is 0.390 e. The Balaban J connectivity index is 1.43. The highest BCUT2D eigenvalue weighted by Crippen LogP contribution is 2.42. The molecular formula is C31H34O5. The van der Waals surface area contributed by atoms with E-state index in [0.29, 0.717) is 39.3 Å². The lowest BCUT2D eigenvalue weighted by Crippen LogP contribution is -2.66. The lowest BCUT2D eigenvalue weighted by Gasteiger charge is -2.52. The maximum absolute atomic E-state index is 11.4. The van der Waals surface area contributed by atoms with Crippen LogP contribution < -0.4 is 0 Å². The summed E-state index contributed by atoms with van der Waals surface area (Å²) in [5.41, 5.74) is 2.50. The molecule has 1 fully saturated rings. The third-order valence-corrected chi connectivity index (χ3v) is 7.01. The normalized spacial score (nSPS) is 27.8. The van der Waals surface area contributed by atoms with E-state index >= 15 is 0 Å². The third kappa shape index (κ3) is 5.94. The molecule has 188 valence electrons. The molecule has 5 rings (SSSR count). The number of benzene rings is 3. The average molecular weight is 487 g/mol. The Morgan fingerprint density at radius 1 is 0.667 bits per heavy atom. The van der Waals surface area contributed by atoms with Gasteiger partial charge in [0.2, 0.25) is 0 Å². The minimum Gasteiger partial charge on any atom is -0.390 e. The maximum Gasteiger partial charge on any atom is 0.116 e. The zero-order valence-electron chi connectivity index (χ0n) is 20.4. The Morgan fingerprint density at radius 2 is 1.17 bits per heavy atom. The monoisotopic (exact) mass is 486 g/mol. The van der Waals surface area contributed by atoms with Crippen molar-refractivity contribution in [3.05, 3.63) is 120 Å². The molecule has 0 saturated heterocycles. The van der Waals surface area contributed by atoms with Crippen LogP contribution >= 0.6 is 0 Å². The fraction of sp³-hybridized carbons (Fsp3) is 0.355. The number of rotatable bonds is 9. The second-order valence-electron chi connectivity index (χ2n) is 9.56. The van der Waals surface area contributed by atoms with Crippen LogP contribution in [-0.2, 0) is 38.8 Å². The van der Waals surface area contributed by atoms with E-state index in [9.17, 15) is 5.11 Å². The molecule has 0 bridgehead atoms. The van der Waals surface area contributed by atoms with Gasteiger partial charge in [0.25, 0.3) is 0 Å². The van der Waals surface area contributed by atoms with Gasteiger partial charge >= 0.3 is 0 Å². The Labute approximate surface area is 213 Å². The Hall–Kier alpha value is -2.80. The third-order valence-electron chi connectivity index (χ3n) is 7.01. The van der Waals surface area contributed by atoms with Gasteiger partial charge in [0.1, 0.15) is 23.9 Å². The molecule has 3 aromatic carbocycles. The van der Waals surface area contributed by atoms with Crippen LogP contribution in [0.2, 0.25) is 0 Å². The summed E-state index contributed by atoms with van der Waals surface area (Å²) >= 11 is 0. The van der Waals surface area contributed by atoms with Crippen LogP contribution in [0.1, 0.15) is 29.5 Å². The van der Waals surface area contributed by atoms with Gasteiger partial charge < -0.3 is 24.1 Å². The number of hydrogen-bond acceptors (Lipinski definition) is 5. The highest BCUT2D eigenvalue weighted by Gasteiger charge is 2.56. The van der Waals surface area contributed by atoms with E-state index in [-0.39, 0.29) is 0 Å². The molecule has 0 amide bonds. The van der Waals surface area contributed by atoms with Gasteiger partial charge in [-0.2, -0.15) is 0 Å². The topological polar surface area (TPSA) is 57.2 Å². The van der Waals surface area contributed by atoms with Gasteiger partial charge in [-0.05, 0) is 23.1 Å². The first-order valence-corrected chi connectivity index (χ1v) is 12.7. The van der Waals surface area contributed by atoms with E-state index in [1.165, 1.54) is 0 Å². The van der Waals surface area contributed by atoms with Crippen molar-refractivity contribution in [1.29, 1.82) is 0 Å². The van der Waals surface area contributed by atoms with E-state index in [2.05, 4.69) is 18.2 Å². The molecule has 1 N–H and O–H groups in total. The van der Waals surface area contributed by atoms with Crippen LogP contribution in [0.25, 0.3) is 0 Å². The molecule has 1 heterocycles. The first-order valence-electron chi connectivity index (χ1n) is 12.7. The van der Waals surface area contributed by atoms with Gasteiger partial charge in [0, 0.05) is 6.42 Å². The van der Waals surface area contributed by atoms with Crippen LogP contribution in [0.3, 0.4) is 0 Å². The Bertz CT molecular complexity index is 1090. The molecule has 5 heteroatoms. The fourth-order valence-electron chi connectivity index (χ4n) is 5.17. The first-order chi connectivity index (χ1) is 17.7. The molecule has 3 aromatic rings. The molecule has 1 aliphatic carbocycles. The van der Waals surface area contributed by atoms with Crippen molar-refractivity contribution in [1.82, 2.24) is 0 Å². The van der Waals surface area contributed by atoms with Crippen molar-refractivity contribution in [3.63, 3.8) is 0 Å². The van der Waals surface area contributed by atoms with Crippen LogP contribution in [0.5, 0.6) is 0 Å². The number of aliphatic hydroxyl groups is 1. The highest BCUT2D eigenvalue weighted by molar-refractivity contribution is 5.17. The van der Waals surface area contributed by atoms with Crippen molar-refractivity contribution in [2.24, 2.45) is 0 Å². The van der Waals surface area contributed by atoms with Crippen LogP contribution in [0.15, 0.2) is 103 Å². The zero-order valence-corrected chi connectivity index (χ0v) is 20.4. The van der Waals surface area contributed by atoms with Crippen molar-refractivity contribution >= 4 is 0 Å². The predicted molar refractivity (Wildman–Crippen MR) is 138 cm³/mol. The molecule has 2 aliphatic rings. The molecule has 1 saturated carbocycles. The van der Waals surface area contributed by atoms with Gasteiger partial charge in [-0.25, -0.2) is 0 Å². The molecule has 5 nitrogen and oxygen atoms in total. The average Bonchev–Trinajstić information content (AvgIpc) is 2.93. The molecule has 5 atom stereocenters. The van der Waals surface area contributed by atoms with Gasteiger partial charge in [-0.3, -0.25) is 0 Å². The number of aliphatic hydroxyl groups excluding tert-OH is 1. The maximum atomic E-state index is 11.4. The summed E-state index contributed by atoms with van der Waals surface area (Å²) in [6.07, 6.45) is 2.95. The zero-order chi connectivity index (χ0) is 24.6. The van der Waals surface area contributed by atoms with Crippen LogP contribution in [0, 0.1) is 0 Å². The van der Waals surface area contributed by atoms with E-state index in [4.69, 9.17) is 18.9 Å². The molecule has 1 aliphatic heterocycles. The van der Waals surface area contributed by atoms with Crippen molar-refractivity contribution < 1.29 is 24.1 Å². The highest BCUT2D eigenvalue weighted by atomic mass is 16.6. The molecule has 36 heavy (non-hydrogen) atoms. The molecule has 0 radical (unpaired) electrons. The van der Waals surface area contributed by atoms with Crippen molar-refractivity contribution in [2.45, 2.75) is 62.7 Å². The smallest absolute Gasteiger partial charge is 0.116 e. The molecule has 0 aromatic heterocycles. The second kappa shape index (κ2) is 12.0. The summed E-state index contributed by atoms with van der Waals surface area (Å²) in [4.78, 5) is 0. The molecule has 0 unspecified atom stereocenters. The Kier molecular flexibility index (Phi) is 8.26. The molecule has 1 spiro atoms. The number of ether oxygens (including phenoxy) is 4. The first kappa shape index (κ1) is 24.9. The summed E-state index contributed by atoms with van der Waals surface area (Å²) in [7, 11) is 0. The SMILES string of the molecule is O[C@H]1C[C@@]2(CC=CCO2)[C@H](OCc2ccccc2)[C@@H](OCc2ccccc2)[C@@H]1OCc1ccccc1. The summed E-state index contributed by atoms with van der Waals surface area (Å²) in [5, 5.41) is 11.4. The van der Waals surface area contributed by atoms with Gasteiger partial charge in [-0.1, -0.05) is 103 Å². The Morgan fingerprint density at radius 3 is 1.67 bits per heavy atom. The number of hydrogen-bond donors (Lipinski definition) is 1. The van der Waals surface area contributed by atoms with Crippen molar-refractivity contribution in [3.8, 4) is 0 Å². The van der Waals surface area contributed by atoms with Gasteiger partial charge in [0.15, 0.2) is 0 Å². The van der Waals surface area contributed by atoms with Crippen LogP contribution in [-0.4, -0.2) is 41.7 Å². The lowest BCUT2D eigenvalue weighted by atomic mass is 9.74. The van der Waals surface area contributed by atoms with E-state index in [0.717, 1.165) is 16.7 Å². The minimum absolute atomic E-state index is 0.382. The predicted octanol–water partition coefficient (Wildman–Crippen LogP) is 5.22.